The molecule has 3 nitrogen and oxygen atoms in total. The first-order chi connectivity index (χ1) is 9.40. The number of rotatable bonds is 4. The van der Waals surface area contributed by atoms with Crippen molar-refractivity contribution in [3.63, 3.8) is 0 Å². The summed E-state index contributed by atoms with van der Waals surface area (Å²) in [6.45, 7) is 0.443. The molecule has 1 N–H and O–H groups in total. The van der Waals surface area contributed by atoms with Crippen molar-refractivity contribution < 1.29 is 8.42 Å². The highest BCUT2D eigenvalue weighted by molar-refractivity contribution is 7.89. The van der Waals surface area contributed by atoms with Gasteiger partial charge in [-0.15, -0.1) is 0 Å². The molecule has 1 aromatic carbocycles. The zero-order valence-electron chi connectivity index (χ0n) is 10.8. The molecule has 0 bridgehead atoms. The second-order valence-electron chi connectivity index (χ2n) is 5.05. The molecule has 112 valence electrons. The Labute approximate surface area is 134 Å². The van der Waals surface area contributed by atoms with Gasteiger partial charge in [0.05, 0.1) is 15.1 Å². The molecule has 0 atom stereocenters. The summed E-state index contributed by atoms with van der Waals surface area (Å²) >= 11 is 17.6. The van der Waals surface area contributed by atoms with Gasteiger partial charge in [0.1, 0.15) is 4.90 Å². The minimum Gasteiger partial charge on any atom is -0.211 e. The third-order valence-electron chi connectivity index (χ3n) is 3.55. The van der Waals surface area contributed by atoms with E-state index in [4.69, 9.17) is 34.8 Å². The fourth-order valence-corrected chi connectivity index (χ4v) is 4.52. The van der Waals surface area contributed by atoms with Crippen LogP contribution in [0.4, 0.5) is 0 Å². The predicted octanol–water partition coefficient (Wildman–Crippen LogP) is 4.51. The van der Waals surface area contributed by atoms with Crippen molar-refractivity contribution in [2.75, 3.05) is 6.54 Å². The van der Waals surface area contributed by atoms with Crippen molar-refractivity contribution in [3.8, 4) is 0 Å². The number of hydrogen-bond donors (Lipinski definition) is 1. The Morgan fingerprint density at radius 2 is 1.60 bits per heavy atom. The first-order valence-corrected chi connectivity index (χ1v) is 9.16. The third kappa shape index (κ3) is 4.01. The van der Waals surface area contributed by atoms with Gasteiger partial charge in [-0.25, -0.2) is 13.1 Å². The van der Waals surface area contributed by atoms with Crippen LogP contribution in [0.2, 0.25) is 15.1 Å². The van der Waals surface area contributed by atoms with Gasteiger partial charge in [0, 0.05) is 6.54 Å². The average Bonchev–Trinajstić information content (AvgIpc) is 2.42. The Hall–Kier alpha value is -0.000000000000000167. The van der Waals surface area contributed by atoms with Crippen LogP contribution in [0.5, 0.6) is 0 Å². The smallest absolute Gasteiger partial charge is 0.211 e. The van der Waals surface area contributed by atoms with Gasteiger partial charge in [0.2, 0.25) is 10.0 Å². The highest BCUT2D eigenvalue weighted by Gasteiger charge is 2.22. The lowest BCUT2D eigenvalue weighted by Crippen LogP contribution is -2.30. The van der Waals surface area contributed by atoms with Crippen LogP contribution in [0.1, 0.15) is 32.1 Å². The summed E-state index contributed by atoms with van der Waals surface area (Å²) in [7, 11) is -3.65. The second-order valence-corrected chi connectivity index (χ2v) is 8.01. The number of halogens is 3. The largest absolute Gasteiger partial charge is 0.242 e. The van der Waals surface area contributed by atoms with Crippen LogP contribution in [0.3, 0.4) is 0 Å². The number of hydrogen-bond acceptors (Lipinski definition) is 2. The zero-order chi connectivity index (χ0) is 14.8. The molecule has 0 aromatic heterocycles. The number of benzene rings is 1. The quantitative estimate of drug-likeness (QED) is 0.807. The summed E-state index contributed by atoms with van der Waals surface area (Å²) in [5.41, 5.74) is 0. The fourth-order valence-electron chi connectivity index (χ4n) is 2.41. The Balaban J connectivity index is 2.11. The van der Waals surface area contributed by atoms with E-state index in [0.29, 0.717) is 12.5 Å². The maximum absolute atomic E-state index is 12.3. The van der Waals surface area contributed by atoms with Crippen molar-refractivity contribution in [2.24, 2.45) is 5.92 Å². The molecular weight excluding hydrogens is 341 g/mol. The van der Waals surface area contributed by atoms with Crippen molar-refractivity contribution in [3.05, 3.63) is 27.2 Å². The summed E-state index contributed by atoms with van der Waals surface area (Å²) < 4.78 is 27.1. The van der Waals surface area contributed by atoms with Gasteiger partial charge in [0.25, 0.3) is 0 Å². The van der Waals surface area contributed by atoms with Gasteiger partial charge in [-0.05, 0) is 30.9 Å². The standard InChI is InChI=1S/C13H16Cl3NO2S/c14-10-6-12(16)13(7-11(10)15)20(18,19)17-8-9-4-2-1-3-5-9/h6-7,9,17H,1-5,8H2. The van der Waals surface area contributed by atoms with E-state index in [1.807, 2.05) is 0 Å². The van der Waals surface area contributed by atoms with Crippen LogP contribution in [0.25, 0.3) is 0 Å². The minimum absolute atomic E-state index is 0.0237. The Bertz CT molecular complexity index is 584. The van der Waals surface area contributed by atoms with E-state index in [1.54, 1.807) is 0 Å². The third-order valence-corrected chi connectivity index (χ3v) is 6.16. The van der Waals surface area contributed by atoms with E-state index in [0.717, 1.165) is 12.8 Å². The van der Waals surface area contributed by atoms with E-state index < -0.39 is 10.0 Å². The lowest BCUT2D eigenvalue weighted by molar-refractivity contribution is 0.357. The fraction of sp³-hybridized carbons (Fsp3) is 0.538. The monoisotopic (exact) mass is 355 g/mol. The van der Waals surface area contributed by atoms with Crippen molar-refractivity contribution in [1.29, 1.82) is 0 Å². The topological polar surface area (TPSA) is 46.2 Å². The van der Waals surface area contributed by atoms with E-state index >= 15 is 0 Å². The van der Waals surface area contributed by atoms with Gasteiger partial charge in [-0.1, -0.05) is 54.1 Å². The van der Waals surface area contributed by atoms with E-state index in [1.165, 1.54) is 31.4 Å². The normalized spacial score (nSPS) is 17.4. The maximum Gasteiger partial charge on any atom is 0.242 e. The molecule has 1 aliphatic rings. The van der Waals surface area contributed by atoms with Gasteiger partial charge in [-0.2, -0.15) is 0 Å². The summed E-state index contributed by atoms with van der Waals surface area (Å²) in [4.78, 5) is -0.0237. The van der Waals surface area contributed by atoms with Crippen molar-refractivity contribution in [1.82, 2.24) is 4.72 Å². The molecular formula is C13H16Cl3NO2S. The molecule has 0 heterocycles. The lowest BCUT2D eigenvalue weighted by atomic mass is 9.90. The molecule has 1 aromatic rings. The molecule has 1 aliphatic carbocycles. The first kappa shape index (κ1) is 16.4. The average molecular weight is 357 g/mol. The Morgan fingerprint density at radius 3 is 2.25 bits per heavy atom. The van der Waals surface area contributed by atoms with Crippen LogP contribution in [-0.2, 0) is 10.0 Å². The van der Waals surface area contributed by atoms with Crippen LogP contribution in [-0.4, -0.2) is 15.0 Å². The van der Waals surface area contributed by atoms with Gasteiger partial charge < -0.3 is 0 Å². The molecule has 0 amide bonds. The van der Waals surface area contributed by atoms with Gasteiger partial charge in [0.15, 0.2) is 0 Å². The molecule has 0 spiro atoms. The Morgan fingerprint density at radius 1 is 1.00 bits per heavy atom. The van der Waals surface area contributed by atoms with E-state index in [2.05, 4.69) is 4.72 Å². The number of nitrogens with one attached hydrogen (secondary N) is 1. The van der Waals surface area contributed by atoms with E-state index in [9.17, 15) is 8.42 Å². The number of sulfonamides is 1. The summed E-state index contributed by atoms with van der Waals surface area (Å²) in [5, 5.41) is 0.493. The molecule has 1 saturated carbocycles. The predicted molar refractivity (Wildman–Crippen MR) is 83.2 cm³/mol. The van der Waals surface area contributed by atoms with Crippen LogP contribution in [0, 0.1) is 5.92 Å². The molecule has 1 fully saturated rings. The SMILES string of the molecule is O=S(=O)(NCC1CCCCC1)c1cc(Cl)c(Cl)cc1Cl. The highest BCUT2D eigenvalue weighted by Crippen LogP contribution is 2.31. The van der Waals surface area contributed by atoms with Crippen molar-refractivity contribution in [2.45, 2.75) is 37.0 Å². The van der Waals surface area contributed by atoms with E-state index in [-0.39, 0.29) is 20.0 Å². The highest BCUT2D eigenvalue weighted by atomic mass is 35.5. The summed E-state index contributed by atoms with van der Waals surface area (Å²) in [5.74, 6) is 0.403. The summed E-state index contributed by atoms with van der Waals surface area (Å²) in [6, 6.07) is 2.63. The molecule has 20 heavy (non-hydrogen) atoms. The second kappa shape index (κ2) is 6.84. The molecule has 0 saturated heterocycles. The van der Waals surface area contributed by atoms with Crippen LogP contribution in [0.15, 0.2) is 17.0 Å². The maximum atomic E-state index is 12.3. The minimum atomic E-state index is -3.65. The molecule has 0 unspecified atom stereocenters. The molecule has 7 heteroatoms. The van der Waals surface area contributed by atoms with Gasteiger partial charge >= 0.3 is 0 Å². The van der Waals surface area contributed by atoms with Crippen LogP contribution < -0.4 is 4.72 Å². The van der Waals surface area contributed by atoms with Gasteiger partial charge in [-0.3, -0.25) is 0 Å². The molecule has 0 radical (unpaired) electrons. The summed E-state index contributed by atoms with van der Waals surface area (Å²) in [6.07, 6.45) is 5.71. The molecule has 0 aliphatic heterocycles. The molecule has 2 rings (SSSR count). The van der Waals surface area contributed by atoms with Crippen molar-refractivity contribution >= 4 is 44.8 Å². The first-order valence-electron chi connectivity index (χ1n) is 6.54. The van der Waals surface area contributed by atoms with Crippen LogP contribution >= 0.6 is 34.8 Å². The zero-order valence-corrected chi connectivity index (χ0v) is 13.9. The lowest BCUT2D eigenvalue weighted by Gasteiger charge is -2.21. The Kier molecular flexibility index (Phi) is 5.60.